The lowest BCUT2D eigenvalue weighted by Crippen LogP contribution is -2.46. The minimum absolute atomic E-state index is 0.0496. The number of carbonyl (C=O) groups excluding carboxylic acids is 2. The van der Waals surface area contributed by atoms with Crippen molar-refractivity contribution in [2.24, 2.45) is 11.8 Å². The summed E-state index contributed by atoms with van der Waals surface area (Å²) in [4.78, 5) is 29.0. The molecule has 1 aromatic rings. The number of amides is 1. The van der Waals surface area contributed by atoms with Crippen molar-refractivity contribution in [1.82, 2.24) is 9.80 Å². The summed E-state index contributed by atoms with van der Waals surface area (Å²) >= 11 is 6.26. The number of carbonyl (C=O) groups is 2. The minimum atomic E-state index is -0.113. The van der Waals surface area contributed by atoms with Gasteiger partial charge in [-0.25, -0.2) is 0 Å². The predicted molar refractivity (Wildman–Crippen MR) is 105 cm³/mol. The molecule has 0 bridgehead atoms. The van der Waals surface area contributed by atoms with Gasteiger partial charge >= 0.3 is 5.97 Å². The molecule has 1 amide bonds. The second-order valence-corrected chi connectivity index (χ2v) is 7.90. The summed E-state index contributed by atoms with van der Waals surface area (Å²) in [6.45, 7) is 6.26. The van der Waals surface area contributed by atoms with E-state index in [-0.39, 0.29) is 23.7 Å². The van der Waals surface area contributed by atoms with Crippen LogP contribution in [0.5, 0.6) is 0 Å². The fourth-order valence-corrected chi connectivity index (χ4v) is 4.25. The number of hydrogen-bond acceptors (Lipinski definition) is 4. The average molecular weight is 393 g/mol. The van der Waals surface area contributed by atoms with Gasteiger partial charge in [-0.05, 0) is 57.3 Å². The molecule has 2 heterocycles. The third kappa shape index (κ3) is 5.23. The van der Waals surface area contributed by atoms with Crippen LogP contribution in [-0.2, 0) is 20.9 Å². The van der Waals surface area contributed by atoms with Crippen LogP contribution in [0.3, 0.4) is 0 Å². The van der Waals surface area contributed by atoms with Crippen LogP contribution in [0.15, 0.2) is 24.3 Å². The lowest BCUT2D eigenvalue weighted by molar-refractivity contribution is -0.152. The summed E-state index contributed by atoms with van der Waals surface area (Å²) in [6.07, 6.45) is 3.22. The number of hydrogen-bond donors (Lipinski definition) is 0. The lowest BCUT2D eigenvalue weighted by atomic mass is 9.92. The number of piperidine rings is 2. The van der Waals surface area contributed by atoms with Gasteiger partial charge in [-0.1, -0.05) is 29.8 Å². The second-order valence-electron chi connectivity index (χ2n) is 7.49. The van der Waals surface area contributed by atoms with Crippen molar-refractivity contribution in [3.63, 3.8) is 0 Å². The molecule has 148 valence electrons. The van der Waals surface area contributed by atoms with Crippen LogP contribution in [-0.4, -0.2) is 54.5 Å². The molecule has 0 spiro atoms. The molecule has 5 nitrogen and oxygen atoms in total. The van der Waals surface area contributed by atoms with Crippen molar-refractivity contribution in [2.75, 3.05) is 32.8 Å². The number of benzene rings is 1. The molecule has 27 heavy (non-hydrogen) atoms. The van der Waals surface area contributed by atoms with Crippen molar-refractivity contribution in [2.45, 2.75) is 39.2 Å². The zero-order chi connectivity index (χ0) is 19.2. The van der Waals surface area contributed by atoms with Crippen LogP contribution in [0.1, 0.15) is 38.2 Å². The smallest absolute Gasteiger partial charge is 0.309 e. The largest absolute Gasteiger partial charge is 0.466 e. The first kappa shape index (κ1) is 20.2. The Morgan fingerprint density at radius 3 is 2.30 bits per heavy atom. The van der Waals surface area contributed by atoms with Crippen LogP contribution in [0.2, 0.25) is 5.02 Å². The van der Waals surface area contributed by atoms with Gasteiger partial charge < -0.3 is 9.64 Å². The van der Waals surface area contributed by atoms with E-state index in [1.54, 1.807) is 0 Å². The summed E-state index contributed by atoms with van der Waals surface area (Å²) < 4.78 is 5.11. The quantitative estimate of drug-likeness (QED) is 0.721. The first-order valence-corrected chi connectivity index (χ1v) is 10.4. The maximum absolute atomic E-state index is 12.8. The molecule has 2 aliphatic heterocycles. The molecule has 2 fully saturated rings. The van der Waals surface area contributed by atoms with E-state index >= 15 is 0 Å². The van der Waals surface area contributed by atoms with Gasteiger partial charge in [0.1, 0.15) is 0 Å². The van der Waals surface area contributed by atoms with Gasteiger partial charge in [0.2, 0.25) is 5.91 Å². The number of esters is 1. The number of halogens is 1. The Kier molecular flexibility index (Phi) is 7.13. The van der Waals surface area contributed by atoms with Crippen LogP contribution in [0.4, 0.5) is 0 Å². The van der Waals surface area contributed by atoms with Crippen LogP contribution in [0, 0.1) is 11.8 Å². The average Bonchev–Trinajstić information content (AvgIpc) is 2.70. The highest BCUT2D eigenvalue weighted by molar-refractivity contribution is 6.31. The molecule has 1 aromatic carbocycles. The Hall–Kier alpha value is -1.59. The highest BCUT2D eigenvalue weighted by Gasteiger charge is 2.33. The van der Waals surface area contributed by atoms with E-state index < -0.39 is 0 Å². The van der Waals surface area contributed by atoms with Gasteiger partial charge in [-0.3, -0.25) is 14.5 Å². The van der Waals surface area contributed by atoms with Crippen molar-refractivity contribution in [3.05, 3.63) is 34.9 Å². The molecule has 2 aliphatic rings. The zero-order valence-electron chi connectivity index (χ0n) is 16.0. The Morgan fingerprint density at radius 1 is 1.04 bits per heavy atom. The summed E-state index contributed by atoms with van der Waals surface area (Å²) in [5, 5.41) is 0.806. The SMILES string of the molecule is CCOC(=O)C1CCN(C(=O)C2CCN(Cc3ccccc3Cl)CC2)CC1. The second kappa shape index (κ2) is 9.56. The molecular weight excluding hydrogens is 364 g/mol. The Balaban J connectivity index is 1.44. The van der Waals surface area contributed by atoms with E-state index in [2.05, 4.69) is 11.0 Å². The van der Waals surface area contributed by atoms with E-state index in [4.69, 9.17) is 16.3 Å². The Morgan fingerprint density at radius 2 is 1.67 bits per heavy atom. The molecule has 0 radical (unpaired) electrons. The van der Waals surface area contributed by atoms with Gasteiger partial charge in [0, 0.05) is 30.6 Å². The van der Waals surface area contributed by atoms with Crippen LogP contribution in [0.25, 0.3) is 0 Å². The van der Waals surface area contributed by atoms with Gasteiger partial charge in [0.15, 0.2) is 0 Å². The highest BCUT2D eigenvalue weighted by atomic mass is 35.5. The molecule has 0 N–H and O–H groups in total. The molecule has 0 atom stereocenters. The number of likely N-dealkylation sites (tertiary alicyclic amines) is 2. The van der Waals surface area contributed by atoms with Crippen molar-refractivity contribution >= 4 is 23.5 Å². The van der Waals surface area contributed by atoms with Crippen molar-refractivity contribution in [1.29, 1.82) is 0 Å². The Labute approximate surface area is 166 Å². The third-order valence-electron chi connectivity index (χ3n) is 5.72. The number of rotatable bonds is 5. The van der Waals surface area contributed by atoms with Crippen molar-refractivity contribution < 1.29 is 14.3 Å². The summed E-state index contributed by atoms with van der Waals surface area (Å²) in [6, 6.07) is 7.94. The topological polar surface area (TPSA) is 49.9 Å². The monoisotopic (exact) mass is 392 g/mol. The number of nitrogens with zero attached hydrogens (tertiary/aromatic N) is 2. The van der Waals surface area contributed by atoms with E-state index in [1.807, 2.05) is 30.0 Å². The maximum Gasteiger partial charge on any atom is 0.309 e. The summed E-state index contributed by atoms with van der Waals surface area (Å²) in [5.41, 5.74) is 1.14. The molecule has 3 rings (SSSR count). The fraction of sp³-hybridized carbons (Fsp3) is 0.619. The molecular formula is C21H29ClN2O3. The molecule has 2 saturated heterocycles. The third-order valence-corrected chi connectivity index (χ3v) is 6.08. The first-order chi connectivity index (χ1) is 13.1. The molecule has 0 aromatic heterocycles. The first-order valence-electron chi connectivity index (χ1n) is 9.99. The van der Waals surface area contributed by atoms with Gasteiger partial charge in [-0.2, -0.15) is 0 Å². The molecule has 0 unspecified atom stereocenters. The van der Waals surface area contributed by atoms with E-state index in [9.17, 15) is 9.59 Å². The van der Waals surface area contributed by atoms with Gasteiger partial charge in [-0.15, -0.1) is 0 Å². The van der Waals surface area contributed by atoms with E-state index in [0.29, 0.717) is 19.7 Å². The van der Waals surface area contributed by atoms with E-state index in [0.717, 1.165) is 55.9 Å². The van der Waals surface area contributed by atoms with E-state index in [1.165, 1.54) is 0 Å². The minimum Gasteiger partial charge on any atom is -0.466 e. The summed E-state index contributed by atoms with van der Waals surface area (Å²) in [7, 11) is 0. The van der Waals surface area contributed by atoms with Gasteiger partial charge in [0.25, 0.3) is 0 Å². The maximum atomic E-state index is 12.8. The van der Waals surface area contributed by atoms with Gasteiger partial charge in [0.05, 0.1) is 12.5 Å². The lowest BCUT2D eigenvalue weighted by Gasteiger charge is -2.37. The number of ether oxygens (including phenoxy) is 1. The molecule has 0 saturated carbocycles. The highest BCUT2D eigenvalue weighted by Crippen LogP contribution is 2.26. The standard InChI is InChI=1S/C21H29ClN2O3/c1-2-27-21(26)17-9-13-24(14-10-17)20(25)16-7-11-23(12-8-16)15-18-5-3-4-6-19(18)22/h3-6,16-17H,2,7-15H2,1H3. The Bertz CT molecular complexity index is 651. The van der Waals surface area contributed by atoms with Crippen LogP contribution >= 0.6 is 11.6 Å². The predicted octanol–water partition coefficient (Wildman–Crippen LogP) is 3.35. The normalized spacial score (nSPS) is 19.9. The van der Waals surface area contributed by atoms with Crippen LogP contribution < -0.4 is 0 Å². The fourth-order valence-electron chi connectivity index (χ4n) is 4.06. The zero-order valence-corrected chi connectivity index (χ0v) is 16.8. The van der Waals surface area contributed by atoms with Crippen molar-refractivity contribution in [3.8, 4) is 0 Å². The molecule has 6 heteroatoms. The summed E-state index contributed by atoms with van der Waals surface area (Å²) in [5.74, 6) is 0.199. The molecule has 0 aliphatic carbocycles.